The van der Waals surface area contributed by atoms with Gasteiger partial charge in [0.05, 0.1) is 18.1 Å². The van der Waals surface area contributed by atoms with Gasteiger partial charge in [-0.25, -0.2) is 4.98 Å². The molecule has 0 radical (unpaired) electrons. The summed E-state index contributed by atoms with van der Waals surface area (Å²) < 4.78 is 4.82. The van der Waals surface area contributed by atoms with E-state index in [-0.39, 0.29) is 18.4 Å². The van der Waals surface area contributed by atoms with Gasteiger partial charge in [0.1, 0.15) is 12.4 Å². The summed E-state index contributed by atoms with van der Waals surface area (Å²) in [6.07, 6.45) is 8.19. The van der Waals surface area contributed by atoms with Gasteiger partial charge >= 0.3 is 0 Å². The van der Waals surface area contributed by atoms with Gasteiger partial charge in [-0.3, -0.25) is 14.6 Å². The van der Waals surface area contributed by atoms with E-state index < -0.39 is 0 Å². The lowest BCUT2D eigenvalue weighted by Gasteiger charge is -2.20. The minimum Gasteiger partial charge on any atom is -0.463 e. The molecule has 1 unspecified atom stereocenters. The maximum Gasteiger partial charge on any atom is 0.293 e. The van der Waals surface area contributed by atoms with E-state index in [9.17, 15) is 9.59 Å². The average molecular weight is 392 g/mol. The lowest BCUT2D eigenvalue weighted by molar-refractivity contribution is -0.129. The van der Waals surface area contributed by atoms with Crippen LogP contribution in [-0.4, -0.2) is 22.3 Å². The predicted octanol–water partition coefficient (Wildman–Crippen LogP) is 3.64. The minimum absolute atomic E-state index is 0.0970. The Morgan fingerprint density at radius 1 is 1.34 bits per heavy atom. The number of benzene rings is 1. The molecule has 2 aromatic rings. The number of rotatable bonds is 7. The molecule has 0 saturated heterocycles. The SMILES string of the molecule is CC(=O)NC1=CCC(C)C(c2cncc(Nc3ccc(COC=O)c(C)c3)n2)=C1. The standard InChI is InChI=1S/C22H24N4O3/c1-14-4-6-19(24-16(3)28)9-20(14)21-10-23-11-22(26-21)25-18-7-5-17(12-29-13-27)15(2)8-18/h5-11,13-14H,4,12H2,1-3H3,(H,24,28)(H,25,26). The van der Waals surface area contributed by atoms with Gasteiger partial charge in [-0.1, -0.05) is 19.1 Å². The molecular weight excluding hydrogens is 368 g/mol. The van der Waals surface area contributed by atoms with Crippen LogP contribution in [0, 0.1) is 12.8 Å². The summed E-state index contributed by atoms with van der Waals surface area (Å²) in [4.78, 5) is 30.8. The largest absolute Gasteiger partial charge is 0.463 e. The maximum atomic E-state index is 11.4. The number of allylic oxidation sites excluding steroid dienone is 3. The van der Waals surface area contributed by atoms with Crippen molar-refractivity contribution in [2.45, 2.75) is 33.8 Å². The quantitative estimate of drug-likeness (QED) is 0.699. The number of nitrogens with one attached hydrogen (secondary N) is 2. The zero-order valence-corrected chi connectivity index (χ0v) is 16.7. The molecule has 1 aliphatic carbocycles. The molecule has 0 bridgehead atoms. The average Bonchev–Trinajstić information content (AvgIpc) is 2.69. The maximum absolute atomic E-state index is 11.4. The van der Waals surface area contributed by atoms with E-state index in [0.29, 0.717) is 12.3 Å². The van der Waals surface area contributed by atoms with E-state index in [0.717, 1.165) is 40.2 Å². The number of ether oxygens (including phenoxy) is 1. The third-order valence-corrected chi connectivity index (χ3v) is 4.71. The van der Waals surface area contributed by atoms with Crippen molar-refractivity contribution in [1.82, 2.24) is 15.3 Å². The van der Waals surface area contributed by atoms with E-state index >= 15 is 0 Å². The molecule has 7 nitrogen and oxygen atoms in total. The van der Waals surface area contributed by atoms with Crippen molar-refractivity contribution in [3.63, 3.8) is 0 Å². The molecule has 1 aromatic carbocycles. The second-order valence-electron chi connectivity index (χ2n) is 7.04. The number of aryl methyl sites for hydroxylation is 1. The highest BCUT2D eigenvalue weighted by Gasteiger charge is 2.18. The zero-order chi connectivity index (χ0) is 20.8. The van der Waals surface area contributed by atoms with Crippen LogP contribution < -0.4 is 10.6 Å². The Labute approximate surface area is 169 Å². The van der Waals surface area contributed by atoms with Gasteiger partial charge in [0, 0.05) is 18.3 Å². The zero-order valence-electron chi connectivity index (χ0n) is 16.7. The Morgan fingerprint density at radius 2 is 2.17 bits per heavy atom. The van der Waals surface area contributed by atoms with Gasteiger partial charge in [-0.15, -0.1) is 0 Å². The van der Waals surface area contributed by atoms with Crippen LogP contribution in [0.2, 0.25) is 0 Å². The smallest absolute Gasteiger partial charge is 0.293 e. The molecule has 150 valence electrons. The second-order valence-corrected chi connectivity index (χ2v) is 7.04. The highest BCUT2D eigenvalue weighted by molar-refractivity contribution is 5.78. The molecule has 0 spiro atoms. The van der Waals surface area contributed by atoms with Gasteiger partial charge in [-0.05, 0) is 54.2 Å². The van der Waals surface area contributed by atoms with E-state index in [1.165, 1.54) is 6.92 Å². The van der Waals surface area contributed by atoms with Crippen molar-refractivity contribution in [3.05, 3.63) is 65.3 Å². The Hall–Kier alpha value is -3.48. The van der Waals surface area contributed by atoms with Crippen LogP contribution in [0.1, 0.15) is 37.1 Å². The fourth-order valence-corrected chi connectivity index (χ4v) is 3.19. The summed E-state index contributed by atoms with van der Waals surface area (Å²) in [5.74, 6) is 0.805. The molecule has 0 aliphatic heterocycles. The molecule has 3 rings (SSSR count). The highest BCUT2D eigenvalue weighted by Crippen LogP contribution is 2.30. The van der Waals surface area contributed by atoms with Crippen molar-refractivity contribution in [1.29, 1.82) is 0 Å². The molecule has 2 N–H and O–H groups in total. The Bertz CT molecular complexity index is 982. The number of carbonyl (C=O) groups excluding carboxylic acids is 2. The molecule has 1 heterocycles. The van der Waals surface area contributed by atoms with Gasteiger partial charge in [0.15, 0.2) is 0 Å². The number of carbonyl (C=O) groups is 2. The third-order valence-electron chi connectivity index (χ3n) is 4.71. The van der Waals surface area contributed by atoms with Gasteiger partial charge in [0.2, 0.25) is 5.91 Å². The summed E-state index contributed by atoms with van der Waals surface area (Å²) in [7, 11) is 0. The topological polar surface area (TPSA) is 93.2 Å². The Balaban J connectivity index is 1.80. The third kappa shape index (κ3) is 5.28. The van der Waals surface area contributed by atoms with Crippen LogP contribution in [0.15, 0.2) is 48.4 Å². The fraction of sp³-hybridized carbons (Fsp3) is 0.273. The van der Waals surface area contributed by atoms with Crippen LogP contribution in [0.3, 0.4) is 0 Å². The Kier molecular flexibility index (Phi) is 6.39. The molecule has 29 heavy (non-hydrogen) atoms. The summed E-state index contributed by atoms with van der Waals surface area (Å²) in [5.41, 5.74) is 5.41. The molecule has 1 aliphatic rings. The van der Waals surface area contributed by atoms with Crippen LogP contribution in [0.5, 0.6) is 0 Å². The molecule has 1 atom stereocenters. The Morgan fingerprint density at radius 3 is 2.90 bits per heavy atom. The van der Waals surface area contributed by atoms with Crippen molar-refractivity contribution in [2.24, 2.45) is 5.92 Å². The first-order valence-corrected chi connectivity index (χ1v) is 9.40. The number of hydrogen-bond acceptors (Lipinski definition) is 6. The number of aromatic nitrogens is 2. The van der Waals surface area contributed by atoms with Gasteiger partial charge in [-0.2, -0.15) is 0 Å². The van der Waals surface area contributed by atoms with E-state index in [4.69, 9.17) is 9.72 Å². The van der Waals surface area contributed by atoms with Crippen molar-refractivity contribution < 1.29 is 14.3 Å². The molecular formula is C22H24N4O3. The minimum atomic E-state index is -0.0970. The molecule has 7 heteroatoms. The van der Waals surface area contributed by atoms with E-state index in [1.807, 2.05) is 37.3 Å². The molecule has 1 amide bonds. The van der Waals surface area contributed by atoms with Crippen molar-refractivity contribution in [3.8, 4) is 0 Å². The number of nitrogens with zero attached hydrogens (tertiary/aromatic N) is 2. The molecule has 1 aromatic heterocycles. The van der Waals surface area contributed by atoms with Crippen LogP contribution in [0.4, 0.5) is 11.5 Å². The number of anilines is 2. The van der Waals surface area contributed by atoms with Crippen LogP contribution in [-0.2, 0) is 20.9 Å². The van der Waals surface area contributed by atoms with Crippen molar-refractivity contribution in [2.75, 3.05) is 5.32 Å². The first kappa shape index (κ1) is 20.3. The van der Waals surface area contributed by atoms with Crippen molar-refractivity contribution >= 4 is 29.5 Å². The summed E-state index contributed by atoms with van der Waals surface area (Å²) >= 11 is 0. The normalized spacial score (nSPS) is 15.8. The predicted molar refractivity (Wildman–Crippen MR) is 111 cm³/mol. The van der Waals surface area contributed by atoms with Gasteiger partial charge in [0.25, 0.3) is 6.47 Å². The van der Waals surface area contributed by atoms with Crippen LogP contribution in [0.25, 0.3) is 5.57 Å². The van der Waals surface area contributed by atoms with E-state index in [2.05, 4.69) is 22.5 Å². The summed E-state index contributed by atoms with van der Waals surface area (Å²) in [5, 5.41) is 6.10. The summed E-state index contributed by atoms with van der Waals surface area (Å²) in [6.45, 7) is 6.27. The van der Waals surface area contributed by atoms with Crippen LogP contribution >= 0.6 is 0 Å². The highest BCUT2D eigenvalue weighted by atomic mass is 16.5. The summed E-state index contributed by atoms with van der Waals surface area (Å²) in [6, 6.07) is 5.79. The van der Waals surface area contributed by atoms with E-state index in [1.54, 1.807) is 12.4 Å². The first-order valence-electron chi connectivity index (χ1n) is 9.40. The fourth-order valence-electron chi connectivity index (χ4n) is 3.19. The first-order chi connectivity index (χ1) is 14.0. The monoisotopic (exact) mass is 392 g/mol. The lowest BCUT2D eigenvalue weighted by Crippen LogP contribution is -2.20. The molecule has 0 fully saturated rings. The number of hydrogen-bond donors (Lipinski definition) is 2. The van der Waals surface area contributed by atoms with Gasteiger partial charge < -0.3 is 15.4 Å². The molecule has 0 saturated carbocycles. The lowest BCUT2D eigenvalue weighted by atomic mass is 9.90. The second kappa shape index (κ2) is 9.14. The number of amides is 1.